The first-order chi connectivity index (χ1) is 11.0. The Hall–Kier alpha value is 0.423. The topological polar surface area (TPSA) is 26.7 Å². The van der Waals surface area contributed by atoms with Crippen molar-refractivity contribution in [2.24, 2.45) is 5.41 Å². The van der Waals surface area contributed by atoms with Gasteiger partial charge in [-0.05, 0) is 0 Å². The Labute approximate surface area is 147 Å². The van der Waals surface area contributed by atoms with E-state index in [1.54, 1.807) is 21.0 Å². The molecule has 0 bridgehead atoms. The number of β-amino-alcohol motifs (C(OH)–C–C–N with tert-alkyl or cyclic N) is 1. The summed E-state index contributed by atoms with van der Waals surface area (Å²) in [4.78, 5) is 4.90. The molecule has 3 nitrogen and oxygen atoms in total. The molecule has 2 rings (SSSR count). The molecule has 136 valence electrons. The summed E-state index contributed by atoms with van der Waals surface area (Å²) in [5, 5.41) is 16.7. The van der Waals surface area contributed by atoms with Gasteiger partial charge in [0.1, 0.15) is 0 Å². The standard InChI is InChI=1S/C19H40GeN2O/c1-5-20(6-2)12-9-19(10-13-20)11-14-22(17-19)16-18(23)15-21(7-3)8-4/h18,23H,5-17H2,1-4H3. The number of rotatable bonds is 8. The monoisotopic (exact) mass is 386 g/mol. The molecule has 0 radical (unpaired) electrons. The predicted molar refractivity (Wildman–Crippen MR) is 103 cm³/mol. The molecule has 2 aliphatic heterocycles. The normalized spacial score (nSPS) is 25.3. The van der Waals surface area contributed by atoms with Gasteiger partial charge >= 0.3 is 147 Å². The van der Waals surface area contributed by atoms with Crippen LogP contribution in [0.5, 0.6) is 0 Å². The Bertz CT molecular complexity index is 345. The van der Waals surface area contributed by atoms with Crippen LogP contribution in [0, 0.1) is 5.41 Å². The first-order valence-corrected chi connectivity index (χ1v) is 16.1. The summed E-state index contributed by atoms with van der Waals surface area (Å²) in [5.41, 5.74) is 0.619. The van der Waals surface area contributed by atoms with Gasteiger partial charge in [0.15, 0.2) is 0 Å². The average Bonchev–Trinajstić information content (AvgIpc) is 2.96. The molecule has 1 spiro atoms. The number of hydrogen-bond donors (Lipinski definition) is 1. The van der Waals surface area contributed by atoms with Gasteiger partial charge in [0.2, 0.25) is 0 Å². The van der Waals surface area contributed by atoms with Crippen LogP contribution in [0.25, 0.3) is 0 Å². The van der Waals surface area contributed by atoms with Crippen LogP contribution in [0.1, 0.15) is 47.0 Å². The van der Waals surface area contributed by atoms with Gasteiger partial charge in [-0.15, -0.1) is 0 Å². The fourth-order valence-electron chi connectivity index (χ4n) is 5.00. The second kappa shape index (κ2) is 8.68. The van der Waals surface area contributed by atoms with Crippen LogP contribution in [0.4, 0.5) is 0 Å². The van der Waals surface area contributed by atoms with Crippen LogP contribution in [0.2, 0.25) is 21.0 Å². The van der Waals surface area contributed by atoms with Crippen LogP contribution < -0.4 is 0 Å². The number of nitrogens with zero attached hydrogens (tertiary/aromatic N) is 2. The molecule has 0 aromatic heterocycles. The van der Waals surface area contributed by atoms with Gasteiger partial charge in [0, 0.05) is 0 Å². The van der Waals surface area contributed by atoms with E-state index in [1.807, 2.05) is 0 Å². The summed E-state index contributed by atoms with van der Waals surface area (Å²) in [7, 11) is 0. The third-order valence-electron chi connectivity index (χ3n) is 7.22. The second-order valence-corrected chi connectivity index (χ2v) is 19.7. The van der Waals surface area contributed by atoms with E-state index in [9.17, 15) is 5.11 Å². The van der Waals surface area contributed by atoms with E-state index in [-0.39, 0.29) is 6.10 Å². The van der Waals surface area contributed by atoms with Gasteiger partial charge < -0.3 is 0 Å². The zero-order valence-corrected chi connectivity index (χ0v) is 18.2. The molecule has 0 saturated carbocycles. The molecule has 2 fully saturated rings. The molecule has 0 aromatic carbocycles. The number of likely N-dealkylation sites (N-methyl/N-ethyl adjacent to an activating group) is 1. The zero-order valence-electron chi connectivity index (χ0n) is 16.1. The Morgan fingerprint density at radius 2 is 1.65 bits per heavy atom. The van der Waals surface area contributed by atoms with Crippen LogP contribution in [-0.4, -0.2) is 73.5 Å². The van der Waals surface area contributed by atoms with Gasteiger partial charge in [0.05, 0.1) is 0 Å². The van der Waals surface area contributed by atoms with E-state index in [4.69, 9.17) is 0 Å². The van der Waals surface area contributed by atoms with Crippen molar-refractivity contribution in [3.05, 3.63) is 0 Å². The Kier molecular flexibility index (Phi) is 7.46. The van der Waals surface area contributed by atoms with Gasteiger partial charge in [-0.2, -0.15) is 0 Å². The number of likely N-dealkylation sites (tertiary alicyclic amines) is 1. The summed E-state index contributed by atoms with van der Waals surface area (Å²) >= 11 is -1.42. The summed E-state index contributed by atoms with van der Waals surface area (Å²) in [6, 6.07) is 0. The van der Waals surface area contributed by atoms with Gasteiger partial charge in [-0.3, -0.25) is 0 Å². The van der Waals surface area contributed by atoms with Crippen molar-refractivity contribution in [2.75, 3.05) is 39.3 Å². The number of aliphatic hydroxyl groups is 1. The summed E-state index contributed by atoms with van der Waals surface area (Å²) < 4.78 is 0. The molecular formula is C19H40GeN2O. The number of aliphatic hydroxyl groups excluding tert-OH is 1. The van der Waals surface area contributed by atoms with Crippen molar-refractivity contribution >= 4 is 13.3 Å². The Balaban J connectivity index is 1.80. The maximum atomic E-state index is 10.4. The quantitative estimate of drug-likeness (QED) is 0.647. The maximum absolute atomic E-state index is 10.4. The average molecular weight is 385 g/mol. The predicted octanol–water partition coefficient (Wildman–Crippen LogP) is 3.66. The molecule has 2 saturated heterocycles. The van der Waals surface area contributed by atoms with Crippen molar-refractivity contribution in [1.29, 1.82) is 0 Å². The van der Waals surface area contributed by atoms with E-state index in [0.29, 0.717) is 5.41 Å². The van der Waals surface area contributed by atoms with Crippen molar-refractivity contribution in [1.82, 2.24) is 9.80 Å². The third-order valence-corrected chi connectivity index (χ3v) is 19.0. The first kappa shape index (κ1) is 19.7. The molecule has 4 heteroatoms. The summed E-state index contributed by atoms with van der Waals surface area (Å²) in [6.07, 6.45) is 4.20. The molecule has 0 aliphatic carbocycles. The molecule has 1 N–H and O–H groups in total. The second-order valence-electron chi connectivity index (χ2n) is 8.33. The molecular weight excluding hydrogens is 345 g/mol. The molecule has 1 unspecified atom stereocenters. The fourth-order valence-corrected chi connectivity index (χ4v) is 14.0. The Morgan fingerprint density at radius 3 is 2.17 bits per heavy atom. The van der Waals surface area contributed by atoms with E-state index in [2.05, 4.69) is 37.5 Å². The van der Waals surface area contributed by atoms with Crippen LogP contribution in [0.15, 0.2) is 0 Å². The van der Waals surface area contributed by atoms with Crippen LogP contribution >= 0.6 is 0 Å². The minimum absolute atomic E-state index is 0.184. The molecule has 0 amide bonds. The molecule has 2 aliphatic rings. The molecule has 23 heavy (non-hydrogen) atoms. The van der Waals surface area contributed by atoms with Gasteiger partial charge in [-0.25, -0.2) is 0 Å². The van der Waals surface area contributed by atoms with Crippen molar-refractivity contribution in [2.45, 2.75) is 74.1 Å². The molecule has 1 atom stereocenters. The summed E-state index contributed by atoms with van der Waals surface area (Å²) in [6.45, 7) is 15.6. The molecule has 0 aromatic rings. The van der Waals surface area contributed by atoms with Gasteiger partial charge in [-0.1, -0.05) is 0 Å². The fraction of sp³-hybridized carbons (Fsp3) is 1.00. The molecule has 2 heterocycles. The van der Waals surface area contributed by atoms with E-state index >= 15 is 0 Å². The zero-order chi connectivity index (χ0) is 16.9. The van der Waals surface area contributed by atoms with Gasteiger partial charge in [0.25, 0.3) is 0 Å². The van der Waals surface area contributed by atoms with Crippen molar-refractivity contribution in [3.8, 4) is 0 Å². The SMILES string of the molecule is CCN(CC)CC(O)CN1CCC2(C[CH2][Ge]([CH2]C)([CH2]C)[CH2]C2)C1. The van der Waals surface area contributed by atoms with E-state index < -0.39 is 13.3 Å². The number of hydrogen-bond acceptors (Lipinski definition) is 3. The van der Waals surface area contributed by atoms with Crippen molar-refractivity contribution in [3.63, 3.8) is 0 Å². The van der Waals surface area contributed by atoms with Crippen LogP contribution in [-0.2, 0) is 0 Å². The Morgan fingerprint density at radius 1 is 1.04 bits per heavy atom. The minimum atomic E-state index is -1.42. The van der Waals surface area contributed by atoms with Crippen LogP contribution in [0.3, 0.4) is 0 Å². The summed E-state index contributed by atoms with van der Waals surface area (Å²) in [5.74, 6) is 0. The van der Waals surface area contributed by atoms with E-state index in [1.165, 1.54) is 32.4 Å². The van der Waals surface area contributed by atoms with E-state index in [0.717, 1.165) is 26.2 Å². The van der Waals surface area contributed by atoms with Crippen molar-refractivity contribution < 1.29 is 5.11 Å². The first-order valence-electron chi connectivity index (χ1n) is 10.1. The third kappa shape index (κ3) is 4.96.